The van der Waals surface area contributed by atoms with Crippen LogP contribution in [0.15, 0.2) is 30.3 Å². The van der Waals surface area contributed by atoms with Crippen LogP contribution in [0.5, 0.6) is 0 Å². The molecule has 0 saturated carbocycles. The second kappa shape index (κ2) is 18.0. The van der Waals surface area contributed by atoms with Gasteiger partial charge in [0, 0.05) is 0 Å². The molecule has 1 rings (SSSR count). The number of unbranched alkanes of at least 4 members (excludes halogenated alkanes) is 14. The number of hydrogen-bond acceptors (Lipinski definition) is 0. The topological polar surface area (TPSA) is 0 Å². The minimum absolute atomic E-state index is 0.347. The third-order valence-electron chi connectivity index (χ3n) is 5.41. The summed E-state index contributed by atoms with van der Waals surface area (Å²) in [7, 11) is 0.347. The molecule has 0 spiro atoms. The van der Waals surface area contributed by atoms with Crippen LogP contribution in [0.1, 0.15) is 102 Å². The highest BCUT2D eigenvalue weighted by Crippen LogP contribution is 2.26. The summed E-state index contributed by atoms with van der Waals surface area (Å²) < 4.78 is 0. The molecule has 0 unspecified atom stereocenters. The lowest BCUT2D eigenvalue weighted by Gasteiger charge is -2.05. The summed E-state index contributed by atoms with van der Waals surface area (Å²) in [6.45, 7) is 4.81. The quantitative estimate of drug-likeness (QED) is 0.177. The molecule has 0 saturated heterocycles. The van der Waals surface area contributed by atoms with Gasteiger partial charge in [-0.2, -0.15) is 0 Å². The summed E-state index contributed by atoms with van der Waals surface area (Å²) >= 11 is 0. The molecule has 0 fully saturated rings. The predicted molar refractivity (Wildman–Crippen MR) is 123 cm³/mol. The molecule has 150 valence electrons. The molecule has 0 bridgehead atoms. The highest BCUT2D eigenvalue weighted by atomic mass is 31.1. The summed E-state index contributed by atoms with van der Waals surface area (Å²) in [6.07, 6.45) is 24.6. The lowest BCUT2D eigenvalue weighted by molar-refractivity contribution is 0.532. The Morgan fingerprint density at radius 1 is 0.500 bits per heavy atom. The predicted octanol–water partition coefficient (Wildman–Crippen LogP) is 8.82. The van der Waals surface area contributed by atoms with Crippen molar-refractivity contribution in [3.8, 4) is 0 Å². The van der Waals surface area contributed by atoms with Gasteiger partial charge in [-0.1, -0.05) is 114 Å². The van der Waals surface area contributed by atoms with Crippen LogP contribution in [-0.2, 0) is 6.42 Å². The fourth-order valence-corrected chi connectivity index (χ4v) is 4.56. The zero-order chi connectivity index (χ0) is 18.7. The summed E-state index contributed by atoms with van der Waals surface area (Å²) in [5.41, 5.74) is 1.50. The maximum atomic E-state index is 2.40. The molecule has 1 heteroatoms. The van der Waals surface area contributed by atoms with Crippen molar-refractivity contribution < 1.29 is 0 Å². The number of hydrogen-bond donors (Lipinski definition) is 0. The Bertz CT molecular complexity index is 384. The van der Waals surface area contributed by atoms with Crippen molar-refractivity contribution in [1.82, 2.24) is 0 Å². The first kappa shape index (κ1) is 23.7. The first-order valence-electron chi connectivity index (χ1n) is 11.5. The highest BCUT2D eigenvalue weighted by molar-refractivity contribution is 7.55. The van der Waals surface area contributed by atoms with E-state index in [4.69, 9.17) is 0 Å². The van der Waals surface area contributed by atoms with Crippen molar-refractivity contribution in [1.29, 1.82) is 0 Å². The van der Waals surface area contributed by atoms with E-state index in [2.05, 4.69) is 43.7 Å². The van der Waals surface area contributed by atoms with E-state index in [0.29, 0.717) is 7.92 Å². The minimum Gasteiger partial charge on any atom is -0.113 e. The first-order chi connectivity index (χ1) is 12.8. The molecule has 1 aromatic rings. The van der Waals surface area contributed by atoms with E-state index in [-0.39, 0.29) is 0 Å². The highest BCUT2D eigenvalue weighted by Gasteiger charge is 1.96. The Morgan fingerprint density at radius 2 is 0.885 bits per heavy atom. The monoisotopic (exact) mass is 376 g/mol. The Hall–Kier alpha value is -0.350. The van der Waals surface area contributed by atoms with Gasteiger partial charge in [0.2, 0.25) is 0 Å². The van der Waals surface area contributed by atoms with E-state index in [9.17, 15) is 0 Å². The van der Waals surface area contributed by atoms with Crippen LogP contribution < -0.4 is 0 Å². The molecule has 26 heavy (non-hydrogen) atoms. The average molecular weight is 377 g/mol. The molecule has 0 amide bonds. The first-order valence-corrected chi connectivity index (χ1v) is 13.9. The van der Waals surface area contributed by atoms with Gasteiger partial charge in [-0.25, -0.2) is 0 Å². The van der Waals surface area contributed by atoms with Gasteiger partial charge in [-0.05, 0) is 44.3 Å². The lowest BCUT2D eigenvalue weighted by Crippen LogP contribution is -1.86. The van der Waals surface area contributed by atoms with E-state index in [1.807, 2.05) is 0 Å². The maximum absolute atomic E-state index is 2.40. The molecule has 0 nitrogen and oxygen atoms in total. The normalized spacial score (nSPS) is 11.3. The van der Waals surface area contributed by atoms with Gasteiger partial charge in [0.05, 0.1) is 0 Å². The fraction of sp³-hybridized carbons (Fsp3) is 0.760. The molecule has 0 heterocycles. The van der Waals surface area contributed by atoms with Gasteiger partial charge < -0.3 is 0 Å². The summed E-state index contributed by atoms with van der Waals surface area (Å²) in [6, 6.07) is 10.9. The fourth-order valence-electron chi connectivity index (χ4n) is 3.70. The van der Waals surface area contributed by atoms with Crippen LogP contribution in [-0.4, -0.2) is 19.5 Å². The smallest absolute Gasteiger partial charge is 0.0279 e. The van der Waals surface area contributed by atoms with Gasteiger partial charge in [0.15, 0.2) is 0 Å². The standard InChI is InChI=1S/C25H45P/c1-26(2)24-20-15-13-11-9-7-5-3-4-6-8-10-12-14-17-21-25-22-18-16-19-23-25/h16,18-19,22-23H,3-15,17,20-21,24H2,1-2H3. The molecule has 0 aliphatic heterocycles. The van der Waals surface area contributed by atoms with Gasteiger partial charge in [0.25, 0.3) is 0 Å². The third-order valence-corrected chi connectivity index (χ3v) is 6.62. The number of rotatable bonds is 18. The largest absolute Gasteiger partial charge is 0.113 e. The summed E-state index contributed by atoms with van der Waals surface area (Å²) in [4.78, 5) is 0. The Balaban J connectivity index is 1.70. The third kappa shape index (κ3) is 15.9. The Morgan fingerprint density at radius 3 is 1.31 bits per heavy atom. The molecular formula is C25H45P. The van der Waals surface area contributed by atoms with Crippen LogP contribution in [0.25, 0.3) is 0 Å². The number of aryl methyl sites for hydroxylation is 1. The van der Waals surface area contributed by atoms with E-state index < -0.39 is 0 Å². The van der Waals surface area contributed by atoms with Crippen LogP contribution in [0.2, 0.25) is 0 Å². The van der Waals surface area contributed by atoms with Crippen molar-refractivity contribution in [2.45, 2.75) is 103 Å². The van der Waals surface area contributed by atoms with E-state index in [1.165, 1.54) is 114 Å². The number of benzene rings is 1. The molecule has 0 aliphatic rings. The van der Waals surface area contributed by atoms with Gasteiger partial charge in [-0.3, -0.25) is 0 Å². The lowest BCUT2D eigenvalue weighted by atomic mass is 10.0. The summed E-state index contributed by atoms with van der Waals surface area (Å²) in [5, 5.41) is 0. The van der Waals surface area contributed by atoms with Gasteiger partial charge in [-0.15, -0.1) is 7.92 Å². The molecular weight excluding hydrogens is 331 g/mol. The van der Waals surface area contributed by atoms with Crippen molar-refractivity contribution in [3.05, 3.63) is 35.9 Å². The summed E-state index contributed by atoms with van der Waals surface area (Å²) in [5.74, 6) is 0. The van der Waals surface area contributed by atoms with Gasteiger partial charge >= 0.3 is 0 Å². The van der Waals surface area contributed by atoms with Crippen molar-refractivity contribution in [2.75, 3.05) is 19.5 Å². The second-order valence-electron chi connectivity index (χ2n) is 8.34. The van der Waals surface area contributed by atoms with Gasteiger partial charge in [0.1, 0.15) is 0 Å². The zero-order valence-electron chi connectivity index (χ0n) is 17.9. The Labute approximate surface area is 166 Å². The van der Waals surface area contributed by atoms with E-state index in [1.54, 1.807) is 0 Å². The second-order valence-corrected chi connectivity index (χ2v) is 10.9. The molecule has 0 N–H and O–H groups in total. The molecule has 0 radical (unpaired) electrons. The van der Waals surface area contributed by atoms with Crippen LogP contribution in [0, 0.1) is 0 Å². The maximum Gasteiger partial charge on any atom is -0.0279 e. The Kier molecular flexibility index (Phi) is 16.4. The van der Waals surface area contributed by atoms with E-state index in [0.717, 1.165) is 0 Å². The molecule has 0 aromatic heterocycles. The SMILES string of the molecule is CP(C)CCCCCCCCCCCCCCCCCc1ccccc1. The minimum atomic E-state index is 0.347. The molecule has 1 aromatic carbocycles. The van der Waals surface area contributed by atoms with Crippen LogP contribution in [0.4, 0.5) is 0 Å². The van der Waals surface area contributed by atoms with Crippen molar-refractivity contribution in [3.63, 3.8) is 0 Å². The average Bonchev–Trinajstić information content (AvgIpc) is 2.65. The molecule has 0 aliphatic carbocycles. The van der Waals surface area contributed by atoms with Crippen LogP contribution in [0.3, 0.4) is 0 Å². The van der Waals surface area contributed by atoms with Crippen LogP contribution >= 0.6 is 7.92 Å². The zero-order valence-corrected chi connectivity index (χ0v) is 18.7. The van der Waals surface area contributed by atoms with E-state index >= 15 is 0 Å². The molecule has 0 atom stereocenters. The van der Waals surface area contributed by atoms with Crippen molar-refractivity contribution in [2.24, 2.45) is 0 Å². The van der Waals surface area contributed by atoms with Crippen molar-refractivity contribution >= 4 is 7.92 Å².